The van der Waals surface area contributed by atoms with E-state index in [-0.39, 0.29) is 83.0 Å². The van der Waals surface area contributed by atoms with Crippen molar-refractivity contribution in [3.63, 3.8) is 0 Å². The molecule has 0 atom stereocenters. The monoisotopic (exact) mass is 1210 g/mol. The Labute approximate surface area is 491 Å². The Kier molecular flexibility index (Phi) is 27.9. The fourth-order valence-electron chi connectivity index (χ4n) is 9.56. The Bertz CT molecular complexity index is 2460. The molecule has 0 aromatic heterocycles. The second-order valence-corrected chi connectivity index (χ2v) is 21.8. The number of aliphatic carboxylic acids is 1. The summed E-state index contributed by atoms with van der Waals surface area (Å²) in [5.74, 6) is -0.909. The van der Waals surface area contributed by atoms with Gasteiger partial charge in [-0.3, -0.25) is 14.6 Å². The van der Waals surface area contributed by atoms with Crippen LogP contribution in [0.4, 0.5) is 75.4 Å². The molecule has 4 aromatic carbocycles. The van der Waals surface area contributed by atoms with Gasteiger partial charge in [0.05, 0.1) is 24.2 Å². The number of halogens is 13. The normalized spacial score (nSPS) is 17.1. The number of hydrogen-bond acceptors (Lipinski definition) is 11. The summed E-state index contributed by atoms with van der Waals surface area (Å²) in [4.78, 5) is 33.9. The molecule has 0 radical (unpaired) electrons. The van der Waals surface area contributed by atoms with E-state index in [1.165, 1.54) is 48.5 Å². The summed E-state index contributed by atoms with van der Waals surface area (Å²) in [5, 5.41) is 19.3. The largest absolute Gasteiger partial charge is 1.00 e. The molecule has 444 valence electrons. The quantitative estimate of drug-likeness (QED) is 0.0857. The third-order valence-corrected chi connectivity index (χ3v) is 15.3. The number of thioether (sulfide) groups is 2. The summed E-state index contributed by atoms with van der Waals surface area (Å²) >= 11 is -0.211. The molecule has 0 saturated carbocycles. The summed E-state index contributed by atoms with van der Waals surface area (Å²) in [6, 6.07) is 23.7. The number of nitrogens with zero attached hydrogens (tertiary/aromatic N) is 5. The van der Waals surface area contributed by atoms with Crippen LogP contribution in [-0.2, 0) is 21.9 Å². The summed E-state index contributed by atoms with van der Waals surface area (Å²) < 4.78 is 150. The third kappa shape index (κ3) is 25.2. The van der Waals surface area contributed by atoms with E-state index in [0.717, 1.165) is 151 Å². The molecule has 0 unspecified atom stereocenters. The van der Waals surface area contributed by atoms with E-state index < -0.39 is 40.5 Å². The molecular formula is C54H66ClF12LiN8O3S2. The minimum Gasteiger partial charge on any atom is -1.00 e. The molecule has 0 aliphatic carbocycles. The number of piperidine rings is 2. The Morgan fingerprint density at radius 1 is 0.506 bits per heavy atom. The maximum atomic E-state index is 12.8. The molecule has 8 rings (SSSR count). The molecule has 11 nitrogen and oxygen atoms in total. The number of anilines is 4. The van der Waals surface area contributed by atoms with Crippen molar-refractivity contribution in [1.29, 1.82) is 0 Å². The van der Waals surface area contributed by atoms with Crippen LogP contribution in [0.15, 0.2) is 107 Å². The number of rotatable bonds is 16. The van der Waals surface area contributed by atoms with Gasteiger partial charge in [0.2, 0.25) is 5.91 Å². The first-order valence-electron chi connectivity index (χ1n) is 26.2. The van der Waals surface area contributed by atoms with Crippen molar-refractivity contribution < 1.29 is 104 Å². The molecule has 4 saturated heterocycles. The molecular weight excluding hydrogens is 1140 g/mol. The van der Waals surface area contributed by atoms with Crippen LogP contribution in [0.3, 0.4) is 0 Å². The summed E-state index contributed by atoms with van der Waals surface area (Å²) in [5.41, 5.74) is -6.58. The number of carbonyl (C=O) groups excluding carboxylic acids is 2. The molecule has 0 spiro atoms. The van der Waals surface area contributed by atoms with E-state index in [4.69, 9.17) is 0 Å². The average molecular weight is 1210 g/mol. The first kappa shape index (κ1) is 69.1. The zero-order chi connectivity index (χ0) is 57.2. The number of nitrogens with two attached hydrogens (primary N) is 1. The molecule has 4 N–H and O–H groups in total. The number of nitrogens with one attached hydrogen (secondary N) is 2. The van der Waals surface area contributed by atoms with Gasteiger partial charge >= 0.3 is 42.2 Å². The topological polar surface area (TPSA) is 114 Å². The number of piperazine rings is 2. The van der Waals surface area contributed by atoms with Crippen molar-refractivity contribution in [2.75, 3.05) is 112 Å². The van der Waals surface area contributed by atoms with Gasteiger partial charge in [-0.05, 0) is 166 Å². The van der Waals surface area contributed by atoms with Crippen LogP contribution < -0.4 is 62.1 Å². The van der Waals surface area contributed by atoms with Gasteiger partial charge in [0.25, 0.3) is 0 Å². The minimum absolute atomic E-state index is 0. The molecule has 1 amide bonds. The molecule has 27 heteroatoms. The predicted octanol–water partition coefficient (Wildman–Crippen LogP) is 4.12. The number of carbonyl (C=O) groups is 2. The molecule has 4 aliphatic heterocycles. The number of likely N-dealkylation sites (tertiary alicyclic amines) is 1. The number of carboxylic acid groups (broad SMARTS) is 1. The Morgan fingerprint density at radius 3 is 1.21 bits per heavy atom. The van der Waals surface area contributed by atoms with Crippen LogP contribution in [-0.4, -0.2) is 141 Å². The van der Waals surface area contributed by atoms with Gasteiger partial charge in [0, 0.05) is 135 Å². The van der Waals surface area contributed by atoms with Crippen LogP contribution >= 0.6 is 23.5 Å². The van der Waals surface area contributed by atoms with Gasteiger partial charge < -0.3 is 53.0 Å². The number of alkyl halides is 12. The van der Waals surface area contributed by atoms with E-state index in [1.54, 1.807) is 24.3 Å². The standard InChI is InChI=1S/C27H32F6N4OS.C15H19F3N2O2.C12H15F3N2S.ClH.Li/c28-26(29,30)20-3-7-23(8-4-20)36-18-16-35(17-19-36)13-1-2-25(38)37-14-11-22(12-15-37)34-21-5-9-24(10-6-21)39-27(31,32)33;16-15(17,18)12-3-5-13(6-4-12)20-10-8-19(9-11-20)7-1-2-14(21)22;13-12(14,15)18-11-3-1-9(2-4-11)17-10-5-7-16-8-6-10;;/h3-10,22,34H,1-2,11-19H2;3-6H,1-2,7-11H2,(H,21,22);1-4,10,16-17H,5-8H2;1H;/q;;;;+1/p-1. The van der Waals surface area contributed by atoms with Crippen LogP contribution in [0.2, 0.25) is 0 Å². The summed E-state index contributed by atoms with van der Waals surface area (Å²) in [6.45, 7) is 11.0. The number of quaternary nitrogens is 1. The van der Waals surface area contributed by atoms with Crippen LogP contribution in [0, 0.1) is 0 Å². The van der Waals surface area contributed by atoms with Crippen molar-refractivity contribution in [2.45, 2.75) is 96.6 Å². The SMILES string of the molecule is FC(F)(F)Sc1ccc(NC2CC[NH2+]CC2)cc1.O=C(CCCN1CCN(c2ccc(C(F)(F)F)cc2)CC1)N1CCC(Nc2ccc(SC(F)(F)F)cc2)CC1.O=C([O-])CCCN1CCN(c2ccc(C(F)(F)F)cc2)CC1.[Cl-].[Li+]. The molecule has 4 heterocycles. The van der Waals surface area contributed by atoms with E-state index in [1.807, 2.05) is 9.80 Å². The number of benzene rings is 4. The zero-order valence-electron chi connectivity index (χ0n) is 44.7. The van der Waals surface area contributed by atoms with Crippen molar-refractivity contribution in [2.24, 2.45) is 0 Å². The van der Waals surface area contributed by atoms with Crippen LogP contribution in [0.5, 0.6) is 0 Å². The van der Waals surface area contributed by atoms with E-state index in [9.17, 15) is 67.4 Å². The van der Waals surface area contributed by atoms with Gasteiger partial charge in [-0.25, -0.2) is 0 Å². The number of hydrogen-bond donors (Lipinski definition) is 3. The van der Waals surface area contributed by atoms with Crippen LogP contribution in [0.1, 0.15) is 62.5 Å². The average Bonchev–Trinajstić information content (AvgIpc) is 3.40. The Balaban J connectivity index is 0.000000284. The van der Waals surface area contributed by atoms with Gasteiger partial charge in [-0.1, -0.05) is 0 Å². The zero-order valence-corrected chi connectivity index (χ0v) is 47.1. The second kappa shape index (κ2) is 32.6. The van der Waals surface area contributed by atoms with Crippen molar-refractivity contribution in [1.82, 2.24) is 14.7 Å². The van der Waals surface area contributed by atoms with Crippen molar-refractivity contribution in [3.05, 3.63) is 108 Å². The third-order valence-electron chi connectivity index (χ3n) is 13.8. The Morgan fingerprint density at radius 2 is 0.864 bits per heavy atom. The van der Waals surface area contributed by atoms with Crippen molar-refractivity contribution in [3.8, 4) is 0 Å². The fourth-order valence-corrected chi connectivity index (χ4v) is 10.6. The molecule has 4 aliphatic rings. The van der Waals surface area contributed by atoms with Crippen molar-refractivity contribution >= 4 is 58.1 Å². The van der Waals surface area contributed by atoms with E-state index in [0.29, 0.717) is 38.5 Å². The maximum absolute atomic E-state index is 12.8. The Hall–Kier alpha value is -4.35. The maximum Gasteiger partial charge on any atom is 1.00 e. The molecule has 4 fully saturated rings. The van der Waals surface area contributed by atoms with E-state index in [2.05, 4.69) is 30.7 Å². The number of carboxylic acids is 1. The van der Waals surface area contributed by atoms with Gasteiger partial charge in [0.1, 0.15) is 0 Å². The number of amides is 1. The first-order valence-corrected chi connectivity index (χ1v) is 27.8. The van der Waals surface area contributed by atoms with Gasteiger partial charge in [0.15, 0.2) is 0 Å². The second-order valence-electron chi connectivity index (χ2n) is 19.6. The minimum atomic E-state index is -4.33. The summed E-state index contributed by atoms with van der Waals surface area (Å²) in [6.07, 6.45) is -3.07. The van der Waals surface area contributed by atoms with Crippen LogP contribution in [0.25, 0.3) is 0 Å². The predicted molar refractivity (Wildman–Crippen MR) is 282 cm³/mol. The molecule has 0 bridgehead atoms. The first-order chi connectivity index (χ1) is 37.3. The van der Waals surface area contributed by atoms with Gasteiger partial charge in [-0.15, -0.1) is 0 Å². The van der Waals surface area contributed by atoms with Gasteiger partial charge in [-0.2, -0.15) is 52.7 Å². The van der Waals surface area contributed by atoms with E-state index >= 15 is 0 Å². The fraction of sp³-hybridized carbons (Fsp3) is 0.519. The molecule has 4 aromatic rings. The smallest absolute Gasteiger partial charge is 1.00 e. The molecule has 81 heavy (non-hydrogen) atoms. The summed E-state index contributed by atoms with van der Waals surface area (Å²) in [7, 11) is 0.